The zero-order valence-electron chi connectivity index (χ0n) is 12.6. The van der Waals surface area contributed by atoms with Gasteiger partial charge in [-0.25, -0.2) is 0 Å². The van der Waals surface area contributed by atoms with Gasteiger partial charge in [0.15, 0.2) is 0 Å². The lowest BCUT2D eigenvalue weighted by molar-refractivity contribution is -0.119. The summed E-state index contributed by atoms with van der Waals surface area (Å²) >= 11 is 0. The summed E-state index contributed by atoms with van der Waals surface area (Å²) in [6, 6.07) is 7.43. The maximum absolute atomic E-state index is 12.3. The number of para-hydroxylation sites is 2. The first-order chi connectivity index (χ1) is 9.39. The lowest BCUT2D eigenvalue weighted by Gasteiger charge is -2.27. The summed E-state index contributed by atoms with van der Waals surface area (Å²) < 4.78 is 0. The molecule has 2 rings (SSSR count). The third kappa shape index (κ3) is 3.31. The standard InChI is InChI=1S/C16H25N3O/c1-16(2,3)14(17)15(20)18-12-8-4-5-9-13(12)19-10-6-7-11-19/h4-5,8-9,14H,6-7,10-11,17H2,1-3H3,(H,18,20)/t14-/m1/s1. The highest BCUT2D eigenvalue weighted by Gasteiger charge is 2.28. The van der Waals surface area contributed by atoms with Crippen LogP contribution in [0.4, 0.5) is 11.4 Å². The Morgan fingerprint density at radius 1 is 1.25 bits per heavy atom. The van der Waals surface area contributed by atoms with E-state index in [1.54, 1.807) is 0 Å². The van der Waals surface area contributed by atoms with Crippen LogP contribution in [0.2, 0.25) is 0 Å². The molecule has 1 aromatic rings. The predicted octanol–water partition coefficient (Wildman–Crippen LogP) is 2.60. The summed E-state index contributed by atoms with van der Waals surface area (Å²) in [4.78, 5) is 14.6. The lowest BCUT2D eigenvalue weighted by Crippen LogP contribution is -2.45. The number of anilines is 2. The molecular formula is C16H25N3O. The maximum atomic E-state index is 12.3. The van der Waals surface area contributed by atoms with Gasteiger partial charge in [0.05, 0.1) is 17.4 Å². The third-order valence-electron chi connectivity index (χ3n) is 3.82. The second-order valence-corrected chi connectivity index (χ2v) is 6.54. The van der Waals surface area contributed by atoms with E-state index in [2.05, 4.69) is 16.3 Å². The molecule has 1 aromatic carbocycles. The van der Waals surface area contributed by atoms with Crippen molar-refractivity contribution in [1.82, 2.24) is 0 Å². The summed E-state index contributed by atoms with van der Waals surface area (Å²) in [6.45, 7) is 8.04. The molecule has 1 saturated heterocycles. The van der Waals surface area contributed by atoms with E-state index in [0.29, 0.717) is 0 Å². The monoisotopic (exact) mass is 275 g/mol. The molecule has 1 aliphatic heterocycles. The van der Waals surface area contributed by atoms with Gasteiger partial charge in [-0.05, 0) is 30.4 Å². The first kappa shape index (κ1) is 14.9. The van der Waals surface area contributed by atoms with Crippen molar-refractivity contribution in [1.29, 1.82) is 0 Å². The number of hydrogen-bond acceptors (Lipinski definition) is 3. The third-order valence-corrected chi connectivity index (χ3v) is 3.82. The van der Waals surface area contributed by atoms with Crippen molar-refractivity contribution in [3.05, 3.63) is 24.3 Å². The van der Waals surface area contributed by atoms with Crippen molar-refractivity contribution in [2.75, 3.05) is 23.3 Å². The number of rotatable bonds is 3. The average Bonchev–Trinajstić information content (AvgIpc) is 2.91. The first-order valence-electron chi connectivity index (χ1n) is 7.30. The molecule has 1 heterocycles. The topological polar surface area (TPSA) is 58.4 Å². The molecule has 1 fully saturated rings. The van der Waals surface area contributed by atoms with Crippen molar-refractivity contribution in [2.24, 2.45) is 11.1 Å². The zero-order chi connectivity index (χ0) is 14.8. The maximum Gasteiger partial charge on any atom is 0.241 e. The Morgan fingerprint density at radius 3 is 2.45 bits per heavy atom. The number of carbonyl (C=O) groups excluding carboxylic acids is 1. The fraction of sp³-hybridized carbons (Fsp3) is 0.562. The van der Waals surface area contributed by atoms with E-state index in [-0.39, 0.29) is 11.3 Å². The number of carbonyl (C=O) groups is 1. The van der Waals surface area contributed by atoms with Crippen molar-refractivity contribution in [3.63, 3.8) is 0 Å². The molecule has 4 heteroatoms. The lowest BCUT2D eigenvalue weighted by atomic mass is 9.87. The number of nitrogens with two attached hydrogens (primary N) is 1. The quantitative estimate of drug-likeness (QED) is 0.891. The van der Waals surface area contributed by atoms with E-state index >= 15 is 0 Å². The van der Waals surface area contributed by atoms with Crippen LogP contribution >= 0.6 is 0 Å². The van der Waals surface area contributed by atoms with Crippen LogP contribution in [0, 0.1) is 5.41 Å². The van der Waals surface area contributed by atoms with E-state index in [0.717, 1.165) is 24.5 Å². The van der Waals surface area contributed by atoms with Crippen LogP contribution in [-0.4, -0.2) is 25.0 Å². The number of amides is 1. The smallest absolute Gasteiger partial charge is 0.241 e. The van der Waals surface area contributed by atoms with Crippen molar-refractivity contribution in [3.8, 4) is 0 Å². The summed E-state index contributed by atoms with van der Waals surface area (Å²) in [5.74, 6) is -0.121. The molecule has 0 aromatic heterocycles. The number of nitrogens with one attached hydrogen (secondary N) is 1. The van der Waals surface area contributed by atoms with E-state index in [1.807, 2.05) is 39.0 Å². The Balaban J connectivity index is 2.15. The fourth-order valence-corrected chi connectivity index (χ4v) is 2.42. The summed E-state index contributed by atoms with van der Waals surface area (Å²) in [6.07, 6.45) is 2.42. The molecule has 110 valence electrons. The predicted molar refractivity (Wildman–Crippen MR) is 83.9 cm³/mol. The van der Waals surface area contributed by atoms with Crippen LogP contribution in [-0.2, 0) is 4.79 Å². The Labute approximate surface area is 121 Å². The molecule has 0 aliphatic carbocycles. The van der Waals surface area contributed by atoms with Gasteiger partial charge in [0.25, 0.3) is 0 Å². The molecule has 1 atom stereocenters. The largest absolute Gasteiger partial charge is 0.370 e. The molecule has 0 unspecified atom stereocenters. The second kappa shape index (κ2) is 5.83. The van der Waals surface area contributed by atoms with Crippen LogP contribution in [0.1, 0.15) is 33.6 Å². The highest BCUT2D eigenvalue weighted by molar-refractivity contribution is 5.98. The van der Waals surface area contributed by atoms with E-state index < -0.39 is 6.04 Å². The van der Waals surface area contributed by atoms with Crippen LogP contribution in [0.15, 0.2) is 24.3 Å². The van der Waals surface area contributed by atoms with Gasteiger partial charge >= 0.3 is 0 Å². The number of hydrogen-bond donors (Lipinski definition) is 2. The minimum Gasteiger partial charge on any atom is -0.370 e. The minimum absolute atomic E-state index is 0.121. The van der Waals surface area contributed by atoms with Crippen LogP contribution in [0.3, 0.4) is 0 Å². The van der Waals surface area contributed by atoms with Gasteiger partial charge < -0.3 is 16.0 Å². The molecule has 4 nitrogen and oxygen atoms in total. The van der Waals surface area contributed by atoms with Crippen LogP contribution < -0.4 is 16.0 Å². The first-order valence-corrected chi connectivity index (χ1v) is 7.30. The number of nitrogens with zero attached hydrogens (tertiary/aromatic N) is 1. The highest BCUT2D eigenvalue weighted by Crippen LogP contribution is 2.29. The van der Waals surface area contributed by atoms with Crippen molar-refractivity contribution in [2.45, 2.75) is 39.7 Å². The second-order valence-electron chi connectivity index (χ2n) is 6.54. The molecule has 1 aliphatic rings. The molecule has 20 heavy (non-hydrogen) atoms. The van der Waals surface area contributed by atoms with Crippen LogP contribution in [0.5, 0.6) is 0 Å². The Bertz CT molecular complexity index is 473. The zero-order valence-corrected chi connectivity index (χ0v) is 12.6. The van der Waals surface area contributed by atoms with Gasteiger partial charge in [-0.3, -0.25) is 4.79 Å². The molecule has 0 bridgehead atoms. The van der Waals surface area contributed by atoms with Gasteiger partial charge in [0, 0.05) is 13.1 Å². The fourth-order valence-electron chi connectivity index (χ4n) is 2.42. The Hall–Kier alpha value is -1.55. The Morgan fingerprint density at radius 2 is 1.85 bits per heavy atom. The summed E-state index contributed by atoms with van der Waals surface area (Å²) in [5.41, 5.74) is 7.73. The molecule has 0 spiro atoms. The minimum atomic E-state index is -0.519. The van der Waals surface area contributed by atoms with E-state index in [4.69, 9.17) is 5.73 Å². The highest BCUT2D eigenvalue weighted by atomic mass is 16.2. The van der Waals surface area contributed by atoms with E-state index in [9.17, 15) is 4.79 Å². The van der Waals surface area contributed by atoms with Crippen molar-refractivity contribution < 1.29 is 4.79 Å². The average molecular weight is 275 g/mol. The normalized spacial score (nSPS) is 17.1. The van der Waals surface area contributed by atoms with Gasteiger partial charge in [-0.15, -0.1) is 0 Å². The van der Waals surface area contributed by atoms with Gasteiger partial charge in [-0.2, -0.15) is 0 Å². The number of benzene rings is 1. The summed E-state index contributed by atoms with van der Waals surface area (Å²) in [5, 5.41) is 2.99. The van der Waals surface area contributed by atoms with Gasteiger partial charge in [-0.1, -0.05) is 32.9 Å². The molecule has 0 radical (unpaired) electrons. The SMILES string of the molecule is CC(C)(C)[C@H](N)C(=O)Nc1ccccc1N1CCCC1. The Kier molecular flexibility index (Phi) is 4.33. The van der Waals surface area contributed by atoms with Crippen LogP contribution in [0.25, 0.3) is 0 Å². The molecule has 3 N–H and O–H groups in total. The van der Waals surface area contributed by atoms with Gasteiger partial charge in [0.2, 0.25) is 5.91 Å². The molecule has 1 amide bonds. The summed E-state index contributed by atoms with van der Waals surface area (Å²) in [7, 11) is 0. The van der Waals surface area contributed by atoms with Crippen molar-refractivity contribution >= 4 is 17.3 Å². The van der Waals surface area contributed by atoms with E-state index in [1.165, 1.54) is 12.8 Å². The van der Waals surface area contributed by atoms with Gasteiger partial charge in [0.1, 0.15) is 0 Å². The molecular weight excluding hydrogens is 250 g/mol. The molecule has 0 saturated carbocycles.